The van der Waals surface area contributed by atoms with Crippen molar-refractivity contribution in [2.75, 3.05) is 13.1 Å². The molecular weight excluding hydrogens is 254 g/mol. The van der Waals surface area contributed by atoms with E-state index in [2.05, 4.69) is 20.8 Å². The Bertz CT molecular complexity index is 218. The lowest BCUT2D eigenvalue weighted by atomic mass is 9.88. The summed E-state index contributed by atoms with van der Waals surface area (Å²) in [6.07, 6.45) is 8.35. The average Bonchev–Trinajstić information content (AvgIpc) is 2.30. The Morgan fingerprint density at radius 3 is 2.20 bits per heavy atom. The first kappa shape index (κ1) is 11.4. The zero-order valence-corrected chi connectivity index (χ0v) is 10.8. The van der Waals surface area contributed by atoms with Gasteiger partial charge in [-0.2, -0.15) is 0 Å². The number of piperidine rings is 1. The highest BCUT2D eigenvalue weighted by Gasteiger charge is 2.28. The molecule has 0 N–H and O–H groups in total. The van der Waals surface area contributed by atoms with Gasteiger partial charge < -0.3 is 4.90 Å². The minimum atomic E-state index is 0.352. The second kappa shape index (κ2) is 5.33. The minimum Gasteiger partial charge on any atom is -0.342 e. The summed E-state index contributed by atoms with van der Waals surface area (Å²) in [5, 5.41) is 0. The summed E-state index contributed by atoms with van der Waals surface area (Å²) in [6, 6.07) is 0. The van der Waals surface area contributed by atoms with Crippen LogP contribution in [0.25, 0.3) is 0 Å². The smallest absolute Gasteiger partial charge is 0.225 e. The summed E-state index contributed by atoms with van der Waals surface area (Å²) in [5.74, 6) is 0.791. The maximum atomic E-state index is 12.2. The van der Waals surface area contributed by atoms with Gasteiger partial charge in [0.2, 0.25) is 5.91 Å². The van der Waals surface area contributed by atoms with Crippen LogP contribution in [0.5, 0.6) is 0 Å². The molecule has 0 spiro atoms. The van der Waals surface area contributed by atoms with Crippen molar-refractivity contribution in [2.24, 2.45) is 5.92 Å². The van der Waals surface area contributed by atoms with E-state index in [1.165, 1.54) is 19.3 Å². The third-order valence-electron chi connectivity index (χ3n) is 3.69. The van der Waals surface area contributed by atoms with Gasteiger partial charge >= 0.3 is 0 Å². The largest absolute Gasteiger partial charge is 0.342 e. The molecule has 0 aromatic carbocycles. The van der Waals surface area contributed by atoms with Crippen molar-refractivity contribution in [1.82, 2.24) is 4.90 Å². The van der Waals surface area contributed by atoms with Gasteiger partial charge in [-0.3, -0.25) is 4.79 Å². The molecule has 0 radical (unpaired) electrons. The fourth-order valence-corrected chi connectivity index (χ4v) is 3.09. The van der Waals surface area contributed by atoms with Gasteiger partial charge in [-0.05, 0) is 25.7 Å². The second-order valence-corrected chi connectivity index (χ2v) is 6.13. The van der Waals surface area contributed by atoms with Crippen LogP contribution in [0.15, 0.2) is 0 Å². The van der Waals surface area contributed by atoms with Crippen LogP contribution in [0.3, 0.4) is 0 Å². The molecule has 1 aliphatic heterocycles. The highest BCUT2D eigenvalue weighted by atomic mass is 79.9. The SMILES string of the molecule is O=C(C1CCCCC1)N1CCC(Br)CC1. The Morgan fingerprint density at radius 1 is 1.00 bits per heavy atom. The van der Waals surface area contributed by atoms with Gasteiger partial charge in [0.25, 0.3) is 0 Å². The van der Waals surface area contributed by atoms with Crippen LogP contribution in [0.1, 0.15) is 44.9 Å². The zero-order chi connectivity index (χ0) is 10.7. The first-order valence-electron chi connectivity index (χ1n) is 6.20. The van der Waals surface area contributed by atoms with Crippen molar-refractivity contribution in [2.45, 2.75) is 49.8 Å². The molecule has 0 bridgehead atoms. The summed E-state index contributed by atoms with van der Waals surface area (Å²) in [7, 11) is 0. The van der Waals surface area contributed by atoms with E-state index in [4.69, 9.17) is 0 Å². The van der Waals surface area contributed by atoms with Gasteiger partial charge in [0.15, 0.2) is 0 Å². The van der Waals surface area contributed by atoms with Crippen molar-refractivity contribution in [3.8, 4) is 0 Å². The molecule has 0 aromatic heterocycles. The summed E-state index contributed by atoms with van der Waals surface area (Å²) in [4.78, 5) is 14.9. The quantitative estimate of drug-likeness (QED) is 0.673. The van der Waals surface area contributed by atoms with Crippen molar-refractivity contribution >= 4 is 21.8 Å². The molecule has 2 nitrogen and oxygen atoms in total. The van der Waals surface area contributed by atoms with E-state index >= 15 is 0 Å². The molecule has 2 aliphatic rings. The molecule has 3 heteroatoms. The highest BCUT2D eigenvalue weighted by Crippen LogP contribution is 2.27. The molecule has 1 saturated carbocycles. The highest BCUT2D eigenvalue weighted by molar-refractivity contribution is 9.09. The lowest BCUT2D eigenvalue weighted by Crippen LogP contribution is -2.42. The number of likely N-dealkylation sites (tertiary alicyclic amines) is 1. The number of carbonyl (C=O) groups is 1. The van der Waals surface area contributed by atoms with Crippen LogP contribution >= 0.6 is 15.9 Å². The van der Waals surface area contributed by atoms with E-state index in [9.17, 15) is 4.79 Å². The first-order chi connectivity index (χ1) is 7.27. The van der Waals surface area contributed by atoms with E-state index in [0.717, 1.165) is 38.8 Å². The molecule has 86 valence electrons. The maximum Gasteiger partial charge on any atom is 0.225 e. The van der Waals surface area contributed by atoms with E-state index in [0.29, 0.717) is 16.7 Å². The van der Waals surface area contributed by atoms with Gasteiger partial charge in [0.1, 0.15) is 0 Å². The maximum absolute atomic E-state index is 12.2. The molecule has 0 aromatic rings. The molecule has 2 fully saturated rings. The van der Waals surface area contributed by atoms with Crippen LogP contribution in [0.2, 0.25) is 0 Å². The number of hydrogen-bond donors (Lipinski definition) is 0. The Labute approximate surface area is 101 Å². The lowest BCUT2D eigenvalue weighted by Gasteiger charge is -2.33. The molecule has 0 atom stereocenters. The van der Waals surface area contributed by atoms with Gasteiger partial charge in [0.05, 0.1) is 0 Å². The van der Waals surface area contributed by atoms with E-state index in [1.54, 1.807) is 0 Å². The number of halogens is 1. The van der Waals surface area contributed by atoms with E-state index in [-0.39, 0.29) is 0 Å². The molecular formula is C12H20BrNO. The zero-order valence-electron chi connectivity index (χ0n) is 9.25. The van der Waals surface area contributed by atoms with Gasteiger partial charge in [-0.25, -0.2) is 0 Å². The summed E-state index contributed by atoms with van der Waals surface area (Å²) in [6.45, 7) is 1.93. The number of alkyl halides is 1. The van der Waals surface area contributed by atoms with Crippen molar-refractivity contribution in [3.63, 3.8) is 0 Å². The van der Waals surface area contributed by atoms with Crippen LogP contribution < -0.4 is 0 Å². The predicted octanol–water partition coefficient (Wildman–Crippen LogP) is 2.95. The minimum absolute atomic E-state index is 0.352. The van der Waals surface area contributed by atoms with Crippen LogP contribution in [0.4, 0.5) is 0 Å². The Kier molecular flexibility index (Phi) is 4.06. The fourth-order valence-electron chi connectivity index (χ4n) is 2.68. The monoisotopic (exact) mass is 273 g/mol. The second-order valence-electron chi connectivity index (χ2n) is 4.83. The third-order valence-corrected chi connectivity index (χ3v) is 4.61. The van der Waals surface area contributed by atoms with Gasteiger partial charge in [-0.1, -0.05) is 35.2 Å². The predicted molar refractivity (Wildman–Crippen MR) is 65.1 cm³/mol. The Morgan fingerprint density at radius 2 is 1.60 bits per heavy atom. The Balaban J connectivity index is 1.84. The van der Waals surface area contributed by atoms with Crippen LogP contribution in [-0.2, 0) is 4.79 Å². The number of nitrogens with zero attached hydrogens (tertiary/aromatic N) is 1. The lowest BCUT2D eigenvalue weighted by molar-refractivity contribution is -0.137. The van der Waals surface area contributed by atoms with Gasteiger partial charge in [0, 0.05) is 23.8 Å². The first-order valence-corrected chi connectivity index (χ1v) is 7.12. The van der Waals surface area contributed by atoms with Gasteiger partial charge in [-0.15, -0.1) is 0 Å². The normalized spacial score (nSPS) is 25.5. The molecule has 0 unspecified atom stereocenters. The molecule has 1 heterocycles. The van der Waals surface area contributed by atoms with E-state index < -0.39 is 0 Å². The van der Waals surface area contributed by atoms with Crippen molar-refractivity contribution in [1.29, 1.82) is 0 Å². The summed E-state index contributed by atoms with van der Waals surface area (Å²) < 4.78 is 0. The number of amides is 1. The topological polar surface area (TPSA) is 20.3 Å². The third kappa shape index (κ3) is 2.96. The summed E-state index contributed by atoms with van der Waals surface area (Å²) >= 11 is 3.62. The molecule has 1 amide bonds. The molecule has 2 rings (SSSR count). The molecule has 1 aliphatic carbocycles. The number of hydrogen-bond acceptors (Lipinski definition) is 1. The number of carbonyl (C=O) groups excluding carboxylic acids is 1. The fraction of sp³-hybridized carbons (Fsp3) is 0.917. The van der Waals surface area contributed by atoms with Crippen molar-refractivity contribution in [3.05, 3.63) is 0 Å². The molecule has 15 heavy (non-hydrogen) atoms. The standard InChI is InChI=1S/C12H20BrNO/c13-11-6-8-14(9-7-11)12(15)10-4-2-1-3-5-10/h10-11H,1-9H2. The number of rotatable bonds is 1. The van der Waals surface area contributed by atoms with E-state index in [1.807, 2.05) is 0 Å². The summed E-state index contributed by atoms with van der Waals surface area (Å²) in [5.41, 5.74) is 0. The van der Waals surface area contributed by atoms with Crippen molar-refractivity contribution < 1.29 is 4.79 Å². The Hall–Kier alpha value is -0.0500. The average molecular weight is 274 g/mol. The van der Waals surface area contributed by atoms with Crippen LogP contribution in [0, 0.1) is 5.92 Å². The molecule has 1 saturated heterocycles. The van der Waals surface area contributed by atoms with Crippen LogP contribution in [-0.4, -0.2) is 28.7 Å².